The molecule has 0 aliphatic rings. The lowest BCUT2D eigenvalue weighted by Crippen LogP contribution is -2.09. The van der Waals surface area contributed by atoms with E-state index in [9.17, 15) is 14.4 Å². The van der Waals surface area contributed by atoms with Gasteiger partial charge in [-0.25, -0.2) is 0 Å². The van der Waals surface area contributed by atoms with Crippen molar-refractivity contribution in [1.82, 2.24) is 0 Å². The summed E-state index contributed by atoms with van der Waals surface area (Å²) < 4.78 is 0. The van der Waals surface area contributed by atoms with Crippen molar-refractivity contribution in [2.45, 2.75) is 27.7 Å². The highest BCUT2D eigenvalue weighted by Crippen LogP contribution is 2.22. The number of rotatable bonds is 3. The smallest absolute Gasteiger partial charge is 0.160 e. The molecule has 0 atom stereocenters. The first kappa shape index (κ1) is 12.3. The molecule has 84 valence electrons. The Morgan fingerprint density at radius 2 is 1.62 bits per heavy atom. The van der Waals surface area contributed by atoms with E-state index in [0.29, 0.717) is 34.1 Å². The highest BCUT2D eigenvalue weighted by molar-refractivity contribution is 6.05. The van der Waals surface area contributed by atoms with E-state index in [0.717, 1.165) is 0 Å². The maximum atomic E-state index is 11.5. The summed E-state index contributed by atoms with van der Waals surface area (Å²) in [7, 11) is 0. The third-order valence-corrected chi connectivity index (χ3v) is 2.75. The van der Waals surface area contributed by atoms with Crippen molar-refractivity contribution in [3.8, 4) is 0 Å². The van der Waals surface area contributed by atoms with Gasteiger partial charge in [0.1, 0.15) is 6.29 Å². The van der Waals surface area contributed by atoms with Crippen molar-refractivity contribution in [2.24, 2.45) is 0 Å². The van der Waals surface area contributed by atoms with Crippen molar-refractivity contribution in [1.29, 1.82) is 0 Å². The average molecular weight is 218 g/mol. The maximum Gasteiger partial charge on any atom is 0.160 e. The Morgan fingerprint density at radius 3 is 2.00 bits per heavy atom. The molecule has 0 amide bonds. The van der Waals surface area contributed by atoms with Crippen molar-refractivity contribution >= 4 is 17.9 Å². The topological polar surface area (TPSA) is 51.2 Å². The highest BCUT2D eigenvalue weighted by atomic mass is 16.1. The molecule has 0 saturated carbocycles. The molecular formula is C13H14O3. The van der Waals surface area contributed by atoms with E-state index in [2.05, 4.69) is 0 Å². The van der Waals surface area contributed by atoms with Crippen LogP contribution in [0, 0.1) is 13.8 Å². The van der Waals surface area contributed by atoms with E-state index in [1.165, 1.54) is 13.8 Å². The van der Waals surface area contributed by atoms with Crippen LogP contribution in [0.4, 0.5) is 0 Å². The van der Waals surface area contributed by atoms with Crippen LogP contribution >= 0.6 is 0 Å². The number of hydrogen-bond acceptors (Lipinski definition) is 3. The Hall–Kier alpha value is -1.77. The van der Waals surface area contributed by atoms with E-state index >= 15 is 0 Å². The van der Waals surface area contributed by atoms with Crippen LogP contribution in [0.25, 0.3) is 0 Å². The van der Waals surface area contributed by atoms with Crippen LogP contribution in [0.15, 0.2) is 6.07 Å². The summed E-state index contributed by atoms with van der Waals surface area (Å²) >= 11 is 0. The minimum absolute atomic E-state index is 0.124. The van der Waals surface area contributed by atoms with Gasteiger partial charge < -0.3 is 0 Å². The van der Waals surface area contributed by atoms with Crippen LogP contribution in [0.1, 0.15) is 56.0 Å². The first-order valence-corrected chi connectivity index (χ1v) is 5.01. The summed E-state index contributed by atoms with van der Waals surface area (Å²) in [6.45, 7) is 6.32. The molecule has 16 heavy (non-hydrogen) atoms. The molecule has 0 radical (unpaired) electrons. The molecule has 0 N–H and O–H groups in total. The van der Waals surface area contributed by atoms with E-state index in [-0.39, 0.29) is 11.6 Å². The van der Waals surface area contributed by atoms with Crippen LogP contribution in [0.3, 0.4) is 0 Å². The Morgan fingerprint density at radius 1 is 1.06 bits per heavy atom. The Bertz CT molecular complexity index is 484. The maximum absolute atomic E-state index is 11.5. The van der Waals surface area contributed by atoms with Gasteiger partial charge in [-0.2, -0.15) is 0 Å². The monoisotopic (exact) mass is 218 g/mol. The van der Waals surface area contributed by atoms with Crippen LogP contribution < -0.4 is 0 Å². The van der Waals surface area contributed by atoms with Gasteiger partial charge in [-0.3, -0.25) is 14.4 Å². The van der Waals surface area contributed by atoms with Crippen LogP contribution in [0.2, 0.25) is 0 Å². The molecule has 0 fully saturated rings. The normalized spacial score (nSPS) is 10.0. The van der Waals surface area contributed by atoms with Crippen LogP contribution in [-0.2, 0) is 0 Å². The van der Waals surface area contributed by atoms with Crippen LogP contribution in [-0.4, -0.2) is 17.9 Å². The molecule has 0 heterocycles. The fourth-order valence-electron chi connectivity index (χ4n) is 1.95. The second-order valence-electron chi connectivity index (χ2n) is 3.87. The molecule has 3 nitrogen and oxygen atoms in total. The predicted octanol–water partition coefficient (Wildman–Crippen LogP) is 2.52. The predicted molar refractivity (Wildman–Crippen MR) is 61.3 cm³/mol. The van der Waals surface area contributed by atoms with Crippen molar-refractivity contribution < 1.29 is 14.4 Å². The summed E-state index contributed by atoms with van der Waals surface area (Å²) in [4.78, 5) is 33.8. The lowest BCUT2D eigenvalue weighted by atomic mass is 9.90. The largest absolute Gasteiger partial charge is 0.298 e. The fourth-order valence-corrected chi connectivity index (χ4v) is 1.95. The van der Waals surface area contributed by atoms with Crippen molar-refractivity contribution in [3.05, 3.63) is 33.9 Å². The molecule has 1 aromatic carbocycles. The lowest BCUT2D eigenvalue weighted by molar-refractivity contribution is 0.101. The minimum atomic E-state index is -0.136. The summed E-state index contributed by atoms with van der Waals surface area (Å²) in [6.07, 6.45) is 0.674. The third-order valence-electron chi connectivity index (χ3n) is 2.75. The molecule has 0 unspecified atom stereocenters. The van der Waals surface area contributed by atoms with Gasteiger partial charge in [0.15, 0.2) is 11.6 Å². The van der Waals surface area contributed by atoms with Gasteiger partial charge in [0.2, 0.25) is 0 Å². The third kappa shape index (κ3) is 1.94. The van der Waals surface area contributed by atoms with Gasteiger partial charge >= 0.3 is 0 Å². The first-order valence-electron chi connectivity index (χ1n) is 5.01. The van der Waals surface area contributed by atoms with Crippen molar-refractivity contribution in [3.63, 3.8) is 0 Å². The first-order chi connectivity index (χ1) is 7.40. The number of hydrogen-bond donors (Lipinski definition) is 0. The summed E-state index contributed by atoms with van der Waals surface area (Å²) in [5.74, 6) is -0.260. The molecule has 0 aliphatic carbocycles. The van der Waals surface area contributed by atoms with E-state index in [1.807, 2.05) is 0 Å². The SMILES string of the molecule is CC(=O)c1cc(C=O)c(C)c(C(C)=O)c1C. The molecule has 1 aromatic rings. The number of carbonyl (C=O) groups excluding carboxylic acids is 3. The fraction of sp³-hybridized carbons (Fsp3) is 0.308. The zero-order chi connectivity index (χ0) is 12.5. The van der Waals surface area contributed by atoms with Gasteiger partial charge in [-0.05, 0) is 44.9 Å². The van der Waals surface area contributed by atoms with Gasteiger partial charge in [0.05, 0.1) is 0 Å². The van der Waals surface area contributed by atoms with Gasteiger partial charge in [0.25, 0.3) is 0 Å². The van der Waals surface area contributed by atoms with E-state index in [1.54, 1.807) is 19.9 Å². The molecule has 0 aliphatic heterocycles. The Labute approximate surface area is 94.5 Å². The molecule has 0 bridgehead atoms. The van der Waals surface area contributed by atoms with Crippen molar-refractivity contribution in [2.75, 3.05) is 0 Å². The molecule has 0 aromatic heterocycles. The summed E-state index contributed by atoms with van der Waals surface area (Å²) in [5.41, 5.74) is 2.63. The van der Waals surface area contributed by atoms with E-state index < -0.39 is 0 Å². The minimum Gasteiger partial charge on any atom is -0.298 e. The van der Waals surface area contributed by atoms with Gasteiger partial charge in [-0.1, -0.05) is 0 Å². The average Bonchev–Trinajstić information content (AvgIpc) is 2.16. The van der Waals surface area contributed by atoms with Crippen LogP contribution in [0.5, 0.6) is 0 Å². The summed E-state index contributed by atoms with van der Waals surface area (Å²) in [5, 5.41) is 0. The number of benzene rings is 1. The summed E-state index contributed by atoms with van der Waals surface area (Å²) in [6, 6.07) is 1.55. The second-order valence-corrected chi connectivity index (χ2v) is 3.87. The van der Waals surface area contributed by atoms with E-state index in [4.69, 9.17) is 0 Å². The molecular weight excluding hydrogens is 204 g/mol. The number of Topliss-reactive ketones (excluding diaryl/α,β-unsaturated/α-hetero) is 2. The second kappa shape index (κ2) is 4.39. The molecule has 0 saturated heterocycles. The number of carbonyl (C=O) groups is 3. The molecule has 0 spiro atoms. The zero-order valence-electron chi connectivity index (χ0n) is 9.88. The molecule has 1 rings (SSSR count). The Balaban J connectivity index is 3.71. The lowest BCUT2D eigenvalue weighted by Gasteiger charge is -2.12. The highest BCUT2D eigenvalue weighted by Gasteiger charge is 2.17. The van der Waals surface area contributed by atoms with Gasteiger partial charge in [-0.15, -0.1) is 0 Å². The number of ketones is 2. The standard InChI is InChI=1S/C13H14O3/c1-7-11(6-14)5-12(9(3)15)8(2)13(7)10(4)16/h5-6H,1-4H3. The van der Waals surface area contributed by atoms with Gasteiger partial charge in [0, 0.05) is 16.7 Å². The zero-order valence-corrected chi connectivity index (χ0v) is 9.88. The molecule has 3 heteroatoms. The quantitative estimate of drug-likeness (QED) is 0.578. The Kier molecular flexibility index (Phi) is 3.38. The number of aldehydes is 1.